The minimum Gasteiger partial charge on any atom is -0.479 e. The first-order valence-electron chi connectivity index (χ1n) is 3.77. The first-order chi connectivity index (χ1) is 6.12. The third-order valence-corrected chi connectivity index (χ3v) is 1.25. The van der Waals surface area contributed by atoms with Crippen LogP contribution in [0.5, 0.6) is 0 Å². The first kappa shape index (κ1) is 15.7. The second kappa shape index (κ2) is 6.68. The van der Waals surface area contributed by atoms with Gasteiger partial charge in [0, 0.05) is 0 Å². The molecule has 7 heteroatoms. The van der Waals surface area contributed by atoms with Crippen LogP contribution in [0.4, 0.5) is 0 Å². The molecule has 0 spiro atoms. The van der Waals surface area contributed by atoms with Gasteiger partial charge in [0.05, 0.1) is 6.61 Å². The highest BCUT2D eigenvalue weighted by Crippen LogP contribution is 2.01. The van der Waals surface area contributed by atoms with Gasteiger partial charge in [0.15, 0.2) is 11.9 Å². The van der Waals surface area contributed by atoms with Crippen LogP contribution in [0.2, 0.25) is 0 Å². The van der Waals surface area contributed by atoms with Crippen molar-refractivity contribution in [1.29, 1.82) is 0 Å². The Morgan fingerprint density at radius 3 is 1.64 bits per heavy atom. The SMILES string of the molecule is CC(O)C(C)(O)O.O=C(O)C(O)CO. The van der Waals surface area contributed by atoms with Crippen LogP contribution >= 0.6 is 0 Å². The molecule has 0 aliphatic heterocycles. The zero-order valence-corrected chi connectivity index (χ0v) is 7.95. The van der Waals surface area contributed by atoms with Crippen molar-refractivity contribution >= 4 is 5.97 Å². The van der Waals surface area contributed by atoms with Crippen LogP contribution in [0.1, 0.15) is 13.8 Å². The minimum atomic E-state index is -1.94. The van der Waals surface area contributed by atoms with E-state index in [9.17, 15) is 4.79 Å². The average molecular weight is 212 g/mol. The molecule has 6 N–H and O–H groups in total. The van der Waals surface area contributed by atoms with E-state index in [1.165, 1.54) is 6.92 Å². The highest BCUT2D eigenvalue weighted by atomic mass is 16.5. The Labute approximate surface area is 80.9 Å². The fraction of sp³-hybridized carbons (Fsp3) is 0.857. The summed E-state index contributed by atoms with van der Waals surface area (Å²) < 4.78 is 0. The third-order valence-electron chi connectivity index (χ3n) is 1.25. The summed E-state index contributed by atoms with van der Waals surface area (Å²) in [5.74, 6) is -3.34. The van der Waals surface area contributed by atoms with Gasteiger partial charge in [-0.2, -0.15) is 0 Å². The van der Waals surface area contributed by atoms with Gasteiger partial charge in [-0.1, -0.05) is 0 Å². The summed E-state index contributed by atoms with van der Waals surface area (Å²) in [6, 6.07) is 0. The second-order valence-corrected chi connectivity index (χ2v) is 2.81. The molecule has 0 aliphatic carbocycles. The predicted molar refractivity (Wildman–Crippen MR) is 45.3 cm³/mol. The van der Waals surface area contributed by atoms with Crippen LogP contribution in [0.3, 0.4) is 0 Å². The Morgan fingerprint density at radius 1 is 1.36 bits per heavy atom. The zero-order chi connectivity index (χ0) is 11.9. The van der Waals surface area contributed by atoms with E-state index < -0.39 is 30.6 Å². The molecule has 0 bridgehead atoms. The molecule has 0 aromatic rings. The third kappa shape index (κ3) is 9.36. The standard InChI is InChI=1S/C4H10O3.C3H6O4/c1-3(5)4(2,6)7;4-1-2(5)3(6)7/h3,5-7H,1-2H3;2,4-5H,1H2,(H,6,7). The summed E-state index contributed by atoms with van der Waals surface area (Å²) >= 11 is 0. The molecule has 7 nitrogen and oxygen atoms in total. The highest BCUT2D eigenvalue weighted by molar-refractivity contribution is 5.71. The van der Waals surface area contributed by atoms with Crippen molar-refractivity contribution in [1.82, 2.24) is 0 Å². The summed E-state index contributed by atoms with van der Waals surface area (Å²) in [7, 11) is 0. The van der Waals surface area contributed by atoms with Gasteiger partial charge in [0.2, 0.25) is 0 Å². The van der Waals surface area contributed by atoms with Crippen molar-refractivity contribution in [2.45, 2.75) is 31.8 Å². The Hall–Kier alpha value is -0.730. The number of aliphatic hydroxyl groups excluding tert-OH is 3. The molecule has 0 aromatic heterocycles. The van der Waals surface area contributed by atoms with Crippen LogP contribution in [-0.2, 0) is 4.79 Å². The van der Waals surface area contributed by atoms with Gasteiger partial charge in [-0.3, -0.25) is 0 Å². The van der Waals surface area contributed by atoms with Gasteiger partial charge in [-0.05, 0) is 13.8 Å². The molecule has 0 fully saturated rings. The maximum Gasteiger partial charge on any atom is 0.334 e. The molecule has 2 unspecified atom stereocenters. The molecule has 0 saturated carbocycles. The Morgan fingerprint density at radius 2 is 1.64 bits per heavy atom. The first-order valence-corrected chi connectivity index (χ1v) is 3.77. The topological polar surface area (TPSA) is 138 Å². The van der Waals surface area contributed by atoms with Gasteiger partial charge in [0.1, 0.15) is 6.10 Å². The molecule has 2 atom stereocenters. The summed E-state index contributed by atoms with van der Waals surface area (Å²) in [6.07, 6.45) is -2.72. The number of aliphatic hydroxyl groups is 5. The maximum absolute atomic E-state index is 9.52. The van der Waals surface area contributed by atoms with Crippen LogP contribution in [-0.4, -0.2) is 61.2 Å². The molecule has 0 radical (unpaired) electrons. The minimum absolute atomic E-state index is 0.727. The fourth-order valence-electron chi connectivity index (χ4n) is 0.0781. The van der Waals surface area contributed by atoms with Crippen molar-refractivity contribution in [3.8, 4) is 0 Å². The highest BCUT2D eigenvalue weighted by Gasteiger charge is 2.21. The average Bonchev–Trinajstić information content (AvgIpc) is 2.02. The number of hydrogen-bond acceptors (Lipinski definition) is 6. The predicted octanol–water partition coefficient (Wildman–Crippen LogP) is -2.51. The number of rotatable bonds is 3. The van der Waals surface area contributed by atoms with Crippen molar-refractivity contribution in [3.05, 3.63) is 0 Å². The normalized spacial score (nSPS) is 15.1. The molecular weight excluding hydrogens is 196 g/mol. The zero-order valence-electron chi connectivity index (χ0n) is 7.95. The van der Waals surface area contributed by atoms with E-state index in [0.717, 1.165) is 6.92 Å². The summed E-state index contributed by atoms with van der Waals surface area (Å²) in [5.41, 5.74) is 0. The van der Waals surface area contributed by atoms with Gasteiger partial charge >= 0.3 is 5.97 Å². The van der Waals surface area contributed by atoms with Gasteiger partial charge < -0.3 is 30.6 Å². The van der Waals surface area contributed by atoms with Crippen LogP contribution in [0, 0.1) is 0 Å². The van der Waals surface area contributed by atoms with E-state index in [2.05, 4.69) is 0 Å². The van der Waals surface area contributed by atoms with Gasteiger partial charge in [0.25, 0.3) is 0 Å². The Balaban J connectivity index is 0. The largest absolute Gasteiger partial charge is 0.479 e. The van der Waals surface area contributed by atoms with E-state index in [1.807, 2.05) is 0 Å². The van der Waals surface area contributed by atoms with Crippen LogP contribution in [0.25, 0.3) is 0 Å². The van der Waals surface area contributed by atoms with E-state index in [1.54, 1.807) is 0 Å². The number of carboxylic acid groups (broad SMARTS) is 1. The molecule has 86 valence electrons. The van der Waals surface area contributed by atoms with E-state index in [0.29, 0.717) is 0 Å². The lowest BCUT2D eigenvalue weighted by Gasteiger charge is -2.17. The molecular formula is C7H16O7. The summed E-state index contributed by atoms with van der Waals surface area (Å²) in [5, 5.41) is 48.9. The smallest absolute Gasteiger partial charge is 0.334 e. The fourth-order valence-corrected chi connectivity index (χ4v) is 0.0781. The maximum atomic E-state index is 9.52. The quantitative estimate of drug-likeness (QED) is 0.284. The van der Waals surface area contributed by atoms with Crippen molar-refractivity contribution in [2.75, 3.05) is 6.61 Å². The molecule has 14 heavy (non-hydrogen) atoms. The number of hydrogen-bond donors (Lipinski definition) is 6. The van der Waals surface area contributed by atoms with Crippen molar-refractivity contribution < 1.29 is 35.4 Å². The van der Waals surface area contributed by atoms with Crippen LogP contribution < -0.4 is 0 Å². The van der Waals surface area contributed by atoms with Gasteiger partial charge in [-0.25, -0.2) is 4.79 Å². The van der Waals surface area contributed by atoms with Crippen molar-refractivity contribution in [2.24, 2.45) is 0 Å². The lowest BCUT2D eigenvalue weighted by molar-refractivity contribution is -0.205. The molecule has 0 saturated heterocycles. The molecule has 0 aliphatic rings. The van der Waals surface area contributed by atoms with Crippen molar-refractivity contribution in [3.63, 3.8) is 0 Å². The van der Waals surface area contributed by atoms with E-state index in [4.69, 9.17) is 30.6 Å². The van der Waals surface area contributed by atoms with Gasteiger partial charge in [-0.15, -0.1) is 0 Å². The van der Waals surface area contributed by atoms with E-state index in [-0.39, 0.29) is 0 Å². The summed E-state index contributed by atoms with van der Waals surface area (Å²) in [4.78, 5) is 9.52. The Kier molecular flexibility index (Phi) is 7.51. The number of aliphatic carboxylic acids is 1. The number of carboxylic acids is 1. The molecule has 0 heterocycles. The lowest BCUT2D eigenvalue weighted by Crippen LogP contribution is -2.36. The summed E-state index contributed by atoms with van der Waals surface area (Å²) in [6.45, 7) is 1.70. The monoisotopic (exact) mass is 212 g/mol. The van der Waals surface area contributed by atoms with E-state index >= 15 is 0 Å². The van der Waals surface area contributed by atoms with Crippen LogP contribution in [0.15, 0.2) is 0 Å². The molecule has 0 rings (SSSR count). The molecule has 0 amide bonds. The Bertz CT molecular complexity index is 160. The lowest BCUT2D eigenvalue weighted by atomic mass is 10.2. The number of carbonyl (C=O) groups is 1. The second-order valence-electron chi connectivity index (χ2n) is 2.81. The molecule has 0 aromatic carbocycles.